The highest BCUT2D eigenvalue weighted by atomic mass is 35.5. The first-order chi connectivity index (χ1) is 10.0. The lowest BCUT2D eigenvalue weighted by Crippen LogP contribution is -1.91. The van der Waals surface area contributed by atoms with Crippen molar-refractivity contribution in [1.29, 1.82) is 0 Å². The summed E-state index contributed by atoms with van der Waals surface area (Å²) in [5.74, 6) is 0.0801. The number of nitrogens with zero attached hydrogens (tertiary/aromatic N) is 2. The molecule has 2 aromatic carbocycles. The minimum absolute atomic E-state index is 0.203. The van der Waals surface area contributed by atoms with Gasteiger partial charge in [0, 0.05) is 22.5 Å². The molecule has 0 saturated carbocycles. The van der Waals surface area contributed by atoms with E-state index in [1.54, 1.807) is 18.2 Å². The number of anilines is 2. The third-order valence-corrected chi connectivity index (χ3v) is 3.14. The quantitative estimate of drug-likeness (QED) is 0.708. The lowest BCUT2D eigenvalue weighted by atomic mass is 10.1. The van der Waals surface area contributed by atoms with Gasteiger partial charge in [0.2, 0.25) is 5.82 Å². The summed E-state index contributed by atoms with van der Waals surface area (Å²) in [6.07, 6.45) is 0. The number of aromatic nitrogens is 2. The maximum atomic E-state index is 13.0. The van der Waals surface area contributed by atoms with E-state index in [0.29, 0.717) is 22.5 Å². The molecule has 0 aliphatic heterocycles. The zero-order valence-corrected chi connectivity index (χ0v) is 11.4. The average Bonchev–Trinajstić information content (AvgIpc) is 2.87. The first kappa shape index (κ1) is 13.4. The van der Waals surface area contributed by atoms with Crippen LogP contribution in [-0.4, -0.2) is 10.1 Å². The van der Waals surface area contributed by atoms with Crippen molar-refractivity contribution in [3.63, 3.8) is 0 Å². The van der Waals surface area contributed by atoms with Gasteiger partial charge in [-0.1, -0.05) is 16.8 Å². The summed E-state index contributed by atoms with van der Waals surface area (Å²) in [5, 5.41) is 4.04. The van der Waals surface area contributed by atoms with Crippen molar-refractivity contribution in [2.45, 2.75) is 0 Å². The fourth-order valence-electron chi connectivity index (χ4n) is 1.92. The second-order valence-corrected chi connectivity index (χ2v) is 4.84. The standard InChI is InChI=1S/C14H10ClFN4O/c15-12-5-8(16)1-2-11(12)13-19-14(21-20-13)7-3-9(17)6-10(18)4-7/h1-6H,17-18H2. The smallest absolute Gasteiger partial charge is 0.258 e. The zero-order chi connectivity index (χ0) is 15.0. The highest BCUT2D eigenvalue weighted by Gasteiger charge is 2.14. The van der Waals surface area contributed by atoms with Crippen molar-refractivity contribution in [3.05, 3.63) is 47.2 Å². The molecule has 0 unspecified atom stereocenters. The molecule has 4 N–H and O–H groups in total. The maximum absolute atomic E-state index is 13.0. The molecule has 1 aromatic heterocycles. The van der Waals surface area contributed by atoms with Crippen LogP contribution in [0.25, 0.3) is 22.8 Å². The molecule has 0 amide bonds. The van der Waals surface area contributed by atoms with Crippen LogP contribution in [0.2, 0.25) is 5.02 Å². The van der Waals surface area contributed by atoms with Crippen molar-refractivity contribution in [2.75, 3.05) is 11.5 Å². The average molecular weight is 305 g/mol. The summed E-state index contributed by atoms with van der Waals surface area (Å²) in [5.41, 5.74) is 13.5. The van der Waals surface area contributed by atoms with Gasteiger partial charge in [0.25, 0.3) is 5.89 Å². The highest BCUT2D eigenvalue weighted by Crippen LogP contribution is 2.29. The highest BCUT2D eigenvalue weighted by molar-refractivity contribution is 6.33. The summed E-state index contributed by atoms with van der Waals surface area (Å²) in [4.78, 5) is 4.23. The zero-order valence-electron chi connectivity index (χ0n) is 10.7. The van der Waals surface area contributed by atoms with Crippen LogP contribution in [0.15, 0.2) is 40.9 Å². The molecule has 0 spiro atoms. The summed E-state index contributed by atoms with van der Waals surface area (Å²) in [7, 11) is 0. The lowest BCUT2D eigenvalue weighted by molar-refractivity contribution is 0.432. The Morgan fingerprint density at radius 1 is 1.05 bits per heavy atom. The molecule has 0 bridgehead atoms. The van der Waals surface area contributed by atoms with Gasteiger partial charge in [0.05, 0.1) is 5.02 Å². The number of nitrogen functional groups attached to an aromatic ring is 2. The first-order valence-electron chi connectivity index (χ1n) is 5.98. The number of rotatable bonds is 2. The molecule has 7 heteroatoms. The van der Waals surface area contributed by atoms with Crippen LogP contribution in [0, 0.1) is 5.82 Å². The minimum Gasteiger partial charge on any atom is -0.399 e. The summed E-state index contributed by atoms with van der Waals surface area (Å²) < 4.78 is 18.2. The minimum atomic E-state index is -0.434. The van der Waals surface area contributed by atoms with Gasteiger partial charge in [0.15, 0.2) is 0 Å². The molecular formula is C14H10ClFN4O. The normalized spacial score (nSPS) is 10.8. The summed E-state index contributed by atoms with van der Waals surface area (Å²) >= 11 is 5.97. The topological polar surface area (TPSA) is 91.0 Å². The molecule has 106 valence electrons. The van der Waals surface area contributed by atoms with Crippen LogP contribution in [0.5, 0.6) is 0 Å². The Labute approximate surface area is 124 Å². The van der Waals surface area contributed by atoms with Gasteiger partial charge in [-0.3, -0.25) is 0 Å². The number of halogens is 2. The van der Waals surface area contributed by atoms with E-state index in [-0.39, 0.29) is 16.7 Å². The number of nitrogens with two attached hydrogens (primary N) is 2. The SMILES string of the molecule is Nc1cc(N)cc(-c2nc(-c3ccc(F)cc3Cl)no2)c1. The van der Waals surface area contributed by atoms with Crippen molar-refractivity contribution in [2.24, 2.45) is 0 Å². The third-order valence-electron chi connectivity index (χ3n) is 2.82. The van der Waals surface area contributed by atoms with E-state index in [1.807, 2.05) is 0 Å². The van der Waals surface area contributed by atoms with Gasteiger partial charge < -0.3 is 16.0 Å². The third kappa shape index (κ3) is 2.66. The Kier molecular flexibility index (Phi) is 3.23. The van der Waals surface area contributed by atoms with Crippen LogP contribution < -0.4 is 11.5 Å². The van der Waals surface area contributed by atoms with Gasteiger partial charge >= 0.3 is 0 Å². The lowest BCUT2D eigenvalue weighted by Gasteiger charge is -2.00. The molecule has 21 heavy (non-hydrogen) atoms. The van der Waals surface area contributed by atoms with E-state index in [2.05, 4.69) is 10.1 Å². The number of benzene rings is 2. The molecule has 0 aliphatic rings. The predicted octanol–water partition coefficient (Wildman–Crippen LogP) is 3.36. The second-order valence-electron chi connectivity index (χ2n) is 4.44. The molecule has 5 nitrogen and oxygen atoms in total. The largest absolute Gasteiger partial charge is 0.399 e. The van der Waals surface area contributed by atoms with E-state index in [1.165, 1.54) is 18.2 Å². The van der Waals surface area contributed by atoms with E-state index < -0.39 is 5.82 Å². The van der Waals surface area contributed by atoms with Crippen LogP contribution >= 0.6 is 11.6 Å². The van der Waals surface area contributed by atoms with Gasteiger partial charge in [0.1, 0.15) is 5.82 Å². The number of hydrogen-bond acceptors (Lipinski definition) is 5. The van der Waals surface area contributed by atoms with E-state index >= 15 is 0 Å². The molecule has 0 fully saturated rings. The molecule has 0 atom stereocenters. The molecule has 1 heterocycles. The monoisotopic (exact) mass is 304 g/mol. The van der Waals surface area contributed by atoms with Gasteiger partial charge in [-0.25, -0.2) is 4.39 Å². The van der Waals surface area contributed by atoms with E-state index in [0.717, 1.165) is 0 Å². The van der Waals surface area contributed by atoms with Crippen molar-refractivity contribution in [1.82, 2.24) is 10.1 Å². The van der Waals surface area contributed by atoms with Crippen LogP contribution in [0.4, 0.5) is 15.8 Å². The van der Waals surface area contributed by atoms with Gasteiger partial charge in [-0.2, -0.15) is 4.98 Å². The van der Waals surface area contributed by atoms with Crippen molar-refractivity contribution < 1.29 is 8.91 Å². The second kappa shape index (κ2) is 5.06. The summed E-state index contributed by atoms with van der Waals surface area (Å²) in [6.45, 7) is 0. The fraction of sp³-hybridized carbons (Fsp3) is 0. The Morgan fingerprint density at radius 3 is 2.43 bits per heavy atom. The van der Waals surface area contributed by atoms with Gasteiger partial charge in [-0.15, -0.1) is 0 Å². The van der Waals surface area contributed by atoms with E-state index in [9.17, 15) is 4.39 Å². The molecule has 0 saturated heterocycles. The van der Waals surface area contributed by atoms with Crippen molar-refractivity contribution >= 4 is 23.0 Å². The van der Waals surface area contributed by atoms with Crippen LogP contribution in [-0.2, 0) is 0 Å². The molecule has 3 aromatic rings. The number of hydrogen-bond donors (Lipinski definition) is 2. The van der Waals surface area contributed by atoms with Crippen LogP contribution in [0.3, 0.4) is 0 Å². The molecule has 0 radical (unpaired) electrons. The van der Waals surface area contributed by atoms with Crippen molar-refractivity contribution in [3.8, 4) is 22.8 Å². The van der Waals surface area contributed by atoms with Gasteiger partial charge in [-0.05, 0) is 36.4 Å². The first-order valence-corrected chi connectivity index (χ1v) is 6.36. The molecule has 3 rings (SSSR count). The molecular weight excluding hydrogens is 295 g/mol. The molecule has 0 aliphatic carbocycles. The Balaban J connectivity index is 2.03. The Bertz CT molecular complexity index is 798. The van der Waals surface area contributed by atoms with Crippen LogP contribution in [0.1, 0.15) is 0 Å². The summed E-state index contributed by atoms with van der Waals surface area (Å²) in [6, 6.07) is 8.90. The Morgan fingerprint density at radius 2 is 1.76 bits per heavy atom. The Hall–Kier alpha value is -2.60. The maximum Gasteiger partial charge on any atom is 0.258 e. The van der Waals surface area contributed by atoms with E-state index in [4.69, 9.17) is 27.6 Å². The fourth-order valence-corrected chi connectivity index (χ4v) is 2.17. The predicted molar refractivity (Wildman–Crippen MR) is 79.0 cm³/mol.